The molecule has 0 atom stereocenters. The Labute approximate surface area is 256 Å². The lowest BCUT2D eigenvalue weighted by molar-refractivity contribution is 0.620. The molecule has 0 aliphatic rings. The Morgan fingerprint density at radius 3 is 1.82 bits per heavy atom. The number of fused-ring (bicyclic) bond motifs is 5. The molecular formula is C38H22N4OS. The van der Waals surface area contributed by atoms with Crippen molar-refractivity contribution in [3.8, 4) is 45.6 Å². The van der Waals surface area contributed by atoms with Crippen molar-refractivity contribution in [2.75, 3.05) is 0 Å². The van der Waals surface area contributed by atoms with E-state index in [4.69, 9.17) is 24.4 Å². The maximum absolute atomic E-state index is 6.16. The van der Waals surface area contributed by atoms with E-state index >= 15 is 0 Å². The van der Waals surface area contributed by atoms with Crippen LogP contribution >= 0.6 is 11.3 Å². The summed E-state index contributed by atoms with van der Waals surface area (Å²) in [7, 11) is 0. The molecular weight excluding hydrogens is 561 g/mol. The van der Waals surface area contributed by atoms with E-state index in [-0.39, 0.29) is 0 Å². The third-order valence-corrected chi connectivity index (χ3v) is 9.05. The van der Waals surface area contributed by atoms with Crippen molar-refractivity contribution in [2.24, 2.45) is 0 Å². The van der Waals surface area contributed by atoms with Crippen LogP contribution in [0.2, 0.25) is 0 Å². The maximum Gasteiger partial charge on any atom is 0.227 e. The van der Waals surface area contributed by atoms with E-state index < -0.39 is 0 Å². The first kappa shape index (κ1) is 24.8. The summed E-state index contributed by atoms with van der Waals surface area (Å²) in [4.78, 5) is 19.7. The molecule has 9 rings (SSSR count). The number of aromatic nitrogens is 4. The second-order valence-corrected chi connectivity index (χ2v) is 11.8. The lowest BCUT2D eigenvalue weighted by Crippen LogP contribution is -2.00. The van der Waals surface area contributed by atoms with Crippen LogP contribution in [0.5, 0.6) is 0 Å². The van der Waals surface area contributed by atoms with Gasteiger partial charge in [-0.05, 0) is 41.1 Å². The number of hydrogen-bond donors (Lipinski definition) is 0. The van der Waals surface area contributed by atoms with E-state index in [1.807, 2.05) is 60.7 Å². The summed E-state index contributed by atoms with van der Waals surface area (Å²) in [6.07, 6.45) is 0. The zero-order valence-electron chi connectivity index (χ0n) is 23.3. The zero-order valence-corrected chi connectivity index (χ0v) is 24.1. The molecule has 0 aliphatic heterocycles. The molecule has 6 aromatic carbocycles. The Morgan fingerprint density at radius 1 is 0.432 bits per heavy atom. The van der Waals surface area contributed by atoms with Crippen molar-refractivity contribution in [2.45, 2.75) is 0 Å². The van der Waals surface area contributed by atoms with Crippen LogP contribution < -0.4 is 0 Å². The first-order valence-electron chi connectivity index (χ1n) is 14.4. The van der Waals surface area contributed by atoms with Crippen LogP contribution in [0.1, 0.15) is 0 Å². The molecule has 9 aromatic rings. The summed E-state index contributed by atoms with van der Waals surface area (Å²) in [6.45, 7) is 0. The molecule has 0 unspecified atom stereocenters. The normalized spacial score (nSPS) is 11.6. The maximum atomic E-state index is 6.16. The van der Waals surface area contributed by atoms with E-state index in [0.717, 1.165) is 53.5 Å². The molecule has 44 heavy (non-hydrogen) atoms. The second-order valence-electron chi connectivity index (χ2n) is 10.7. The molecule has 3 aromatic heterocycles. The van der Waals surface area contributed by atoms with E-state index in [0.29, 0.717) is 23.4 Å². The largest absolute Gasteiger partial charge is 0.436 e. The fourth-order valence-corrected chi connectivity index (χ4v) is 6.88. The number of nitrogens with zero attached hydrogens (tertiary/aromatic N) is 4. The van der Waals surface area contributed by atoms with Crippen LogP contribution in [0.25, 0.3) is 87.7 Å². The Hall–Kier alpha value is -5.72. The zero-order chi connectivity index (χ0) is 29.0. The Kier molecular flexibility index (Phi) is 5.61. The molecule has 5 nitrogen and oxygen atoms in total. The summed E-state index contributed by atoms with van der Waals surface area (Å²) < 4.78 is 8.46. The van der Waals surface area contributed by atoms with Crippen molar-refractivity contribution < 1.29 is 4.42 Å². The van der Waals surface area contributed by atoms with Crippen LogP contribution in [0.4, 0.5) is 0 Å². The molecule has 6 heteroatoms. The van der Waals surface area contributed by atoms with Crippen molar-refractivity contribution in [3.63, 3.8) is 0 Å². The molecule has 0 spiro atoms. The number of hydrogen-bond acceptors (Lipinski definition) is 6. The predicted molar refractivity (Wildman–Crippen MR) is 180 cm³/mol. The highest BCUT2D eigenvalue weighted by molar-refractivity contribution is 7.25. The summed E-state index contributed by atoms with van der Waals surface area (Å²) in [5, 5.41) is 4.67. The Bertz CT molecular complexity index is 2500. The molecule has 0 saturated carbocycles. The molecule has 0 bridgehead atoms. The van der Waals surface area contributed by atoms with Gasteiger partial charge in [0.1, 0.15) is 5.52 Å². The molecule has 0 saturated heterocycles. The van der Waals surface area contributed by atoms with Crippen LogP contribution in [-0.4, -0.2) is 19.9 Å². The Morgan fingerprint density at radius 2 is 1.05 bits per heavy atom. The highest BCUT2D eigenvalue weighted by Gasteiger charge is 2.16. The van der Waals surface area contributed by atoms with Crippen LogP contribution in [0.3, 0.4) is 0 Å². The second kappa shape index (κ2) is 9.93. The highest BCUT2D eigenvalue weighted by Crippen LogP contribution is 2.39. The van der Waals surface area contributed by atoms with Crippen LogP contribution in [0.15, 0.2) is 138 Å². The summed E-state index contributed by atoms with van der Waals surface area (Å²) in [5.74, 6) is 2.58. The summed E-state index contributed by atoms with van der Waals surface area (Å²) in [6, 6.07) is 45.4. The molecule has 3 heterocycles. The van der Waals surface area contributed by atoms with E-state index in [1.165, 1.54) is 10.8 Å². The number of oxazole rings is 1. The third-order valence-electron chi connectivity index (χ3n) is 7.94. The van der Waals surface area contributed by atoms with Crippen molar-refractivity contribution in [1.29, 1.82) is 0 Å². The average Bonchev–Trinajstić information content (AvgIpc) is 3.67. The smallest absolute Gasteiger partial charge is 0.227 e. The lowest BCUT2D eigenvalue weighted by Gasteiger charge is -2.09. The van der Waals surface area contributed by atoms with Gasteiger partial charge in [0.25, 0.3) is 0 Å². The Balaban J connectivity index is 1.17. The van der Waals surface area contributed by atoms with Gasteiger partial charge in [0.15, 0.2) is 23.1 Å². The SMILES string of the molecule is c1ccc(-c2nc(-c3ccc4ccccc4c3)nc(-c3ccc4c(c3)sc3cc5oc(-c6ccccc6)nc5cc34)n2)cc1. The van der Waals surface area contributed by atoms with Crippen molar-refractivity contribution in [1.82, 2.24) is 19.9 Å². The molecule has 206 valence electrons. The van der Waals surface area contributed by atoms with Gasteiger partial charge in [-0.2, -0.15) is 0 Å². The molecule has 0 N–H and O–H groups in total. The first-order chi connectivity index (χ1) is 21.7. The first-order valence-corrected chi connectivity index (χ1v) is 15.2. The van der Waals surface area contributed by atoms with E-state index in [1.54, 1.807) is 11.3 Å². The minimum Gasteiger partial charge on any atom is -0.436 e. The standard InChI is InChI=1S/C38H22N4OS/c1-3-10-24(11-4-1)35-40-36(27-16-15-23-9-7-8-14-26(23)19-27)42-37(41-35)28-17-18-29-30-21-31-32(22-34(30)44-33(29)20-28)43-38(39-31)25-12-5-2-6-13-25/h1-22H. The molecule has 0 fully saturated rings. The number of benzene rings is 6. The van der Waals surface area contributed by atoms with Gasteiger partial charge >= 0.3 is 0 Å². The quantitative estimate of drug-likeness (QED) is 0.207. The van der Waals surface area contributed by atoms with Gasteiger partial charge in [0.05, 0.1) is 0 Å². The summed E-state index contributed by atoms with van der Waals surface area (Å²) in [5.41, 5.74) is 5.46. The monoisotopic (exact) mass is 582 g/mol. The minimum absolute atomic E-state index is 0.635. The van der Waals surface area contributed by atoms with Crippen LogP contribution in [0, 0.1) is 0 Å². The topological polar surface area (TPSA) is 64.7 Å². The highest BCUT2D eigenvalue weighted by atomic mass is 32.1. The third kappa shape index (κ3) is 4.23. The number of rotatable bonds is 4. The molecule has 0 amide bonds. The van der Waals surface area contributed by atoms with Crippen LogP contribution in [-0.2, 0) is 0 Å². The van der Waals surface area contributed by atoms with Gasteiger partial charge in [-0.1, -0.05) is 97.1 Å². The summed E-state index contributed by atoms with van der Waals surface area (Å²) >= 11 is 1.73. The van der Waals surface area contributed by atoms with Gasteiger partial charge in [0, 0.05) is 48.5 Å². The predicted octanol–water partition coefficient (Wildman–Crippen LogP) is 10.2. The minimum atomic E-state index is 0.635. The molecule has 0 aliphatic carbocycles. The van der Waals surface area contributed by atoms with Gasteiger partial charge in [0.2, 0.25) is 5.89 Å². The van der Waals surface area contributed by atoms with Gasteiger partial charge < -0.3 is 4.42 Å². The van der Waals surface area contributed by atoms with E-state index in [2.05, 4.69) is 72.8 Å². The average molecular weight is 583 g/mol. The van der Waals surface area contributed by atoms with Gasteiger partial charge in [-0.15, -0.1) is 11.3 Å². The van der Waals surface area contributed by atoms with Crippen molar-refractivity contribution in [3.05, 3.63) is 133 Å². The fourth-order valence-electron chi connectivity index (χ4n) is 5.72. The molecule has 0 radical (unpaired) electrons. The van der Waals surface area contributed by atoms with Crippen molar-refractivity contribution >= 4 is 53.4 Å². The van der Waals surface area contributed by atoms with Gasteiger partial charge in [-0.25, -0.2) is 19.9 Å². The lowest BCUT2D eigenvalue weighted by atomic mass is 10.1. The van der Waals surface area contributed by atoms with Gasteiger partial charge in [-0.3, -0.25) is 0 Å². The fraction of sp³-hybridized carbons (Fsp3) is 0. The van der Waals surface area contributed by atoms with E-state index in [9.17, 15) is 0 Å². The number of thiophene rings is 1.